The van der Waals surface area contributed by atoms with Crippen LogP contribution in [-0.2, 0) is 19.5 Å². The van der Waals surface area contributed by atoms with Crippen molar-refractivity contribution in [3.63, 3.8) is 0 Å². The fourth-order valence-electron chi connectivity index (χ4n) is 1.29. The second-order valence-corrected chi connectivity index (χ2v) is 3.47. The molecule has 0 radical (unpaired) electrons. The van der Waals surface area contributed by atoms with E-state index in [-0.39, 0.29) is 0 Å². The van der Waals surface area contributed by atoms with E-state index in [1.807, 2.05) is 13.8 Å². The van der Waals surface area contributed by atoms with Crippen molar-refractivity contribution in [3.05, 3.63) is 29.2 Å². The van der Waals surface area contributed by atoms with Crippen molar-refractivity contribution in [2.24, 2.45) is 0 Å². The van der Waals surface area contributed by atoms with E-state index in [2.05, 4.69) is 25.2 Å². The molecule has 6 heteroatoms. The molecule has 0 atom stereocenters. The van der Waals surface area contributed by atoms with Gasteiger partial charge in [0.05, 0.1) is 12.7 Å². The van der Waals surface area contributed by atoms with Gasteiger partial charge < -0.3 is 9.73 Å². The van der Waals surface area contributed by atoms with Gasteiger partial charge in [-0.1, -0.05) is 17.2 Å². The average Bonchev–Trinajstić information content (AvgIpc) is 2.89. The molecule has 2 aromatic rings. The van der Waals surface area contributed by atoms with Gasteiger partial charge in [0.2, 0.25) is 5.89 Å². The third-order valence-electron chi connectivity index (χ3n) is 2.26. The SMILES string of the molecule is CCc1cnc(CNCc2nonc2C)o1. The molecule has 1 N–H and O–H groups in total. The lowest BCUT2D eigenvalue weighted by Gasteiger charge is -1.98. The van der Waals surface area contributed by atoms with E-state index in [1.165, 1.54) is 0 Å². The highest BCUT2D eigenvalue weighted by atomic mass is 16.6. The Kier molecular flexibility index (Phi) is 3.31. The molecule has 0 aromatic carbocycles. The summed E-state index contributed by atoms with van der Waals surface area (Å²) in [6.07, 6.45) is 2.61. The summed E-state index contributed by atoms with van der Waals surface area (Å²) >= 11 is 0. The normalized spacial score (nSPS) is 10.9. The Hall–Kier alpha value is -1.69. The van der Waals surface area contributed by atoms with Crippen LogP contribution in [0.1, 0.15) is 30.0 Å². The molecule has 0 spiro atoms. The minimum atomic E-state index is 0.576. The monoisotopic (exact) mass is 222 g/mol. The van der Waals surface area contributed by atoms with Gasteiger partial charge in [0.15, 0.2) is 0 Å². The third kappa shape index (κ3) is 2.46. The van der Waals surface area contributed by atoms with Gasteiger partial charge in [-0.05, 0) is 6.92 Å². The highest BCUT2D eigenvalue weighted by molar-refractivity contribution is 5.04. The van der Waals surface area contributed by atoms with Gasteiger partial charge in [0.25, 0.3) is 0 Å². The largest absolute Gasteiger partial charge is 0.444 e. The van der Waals surface area contributed by atoms with Crippen molar-refractivity contribution in [3.8, 4) is 0 Å². The first kappa shape index (κ1) is 10.8. The van der Waals surface area contributed by atoms with Crippen LogP contribution in [0.25, 0.3) is 0 Å². The fraction of sp³-hybridized carbons (Fsp3) is 0.500. The van der Waals surface area contributed by atoms with Crippen LogP contribution in [0.4, 0.5) is 0 Å². The molecule has 0 fully saturated rings. The standard InChI is InChI=1S/C10H14N4O2/c1-3-8-4-12-10(15-8)6-11-5-9-7(2)13-16-14-9/h4,11H,3,5-6H2,1-2H3. The first-order chi connectivity index (χ1) is 7.79. The summed E-state index contributed by atoms with van der Waals surface area (Å²) in [5.41, 5.74) is 1.61. The highest BCUT2D eigenvalue weighted by Gasteiger charge is 2.06. The van der Waals surface area contributed by atoms with Crippen LogP contribution < -0.4 is 5.32 Å². The van der Waals surface area contributed by atoms with Gasteiger partial charge in [-0.15, -0.1) is 0 Å². The summed E-state index contributed by atoms with van der Waals surface area (Å²) in [5, 5.41) is 10.6. The number of nitrogens with one attached hydrogen (secondary N) is 1. The summed E-state index contributed by atoms with van der Waals surface area (Å²) in [7, 11) is 0. The summed E-state index contributed by atoms with van der Waals surface area (Å²) < 4.78 is 10.0. The Morgan fingerprint density at radius 1 is 1.31 bits per heavy atom. The van der Waals surface area contributed by atoms with Crippen LogP contribution in [0.3, 0.4) is 0 Å². The lowest BCUT2D eigenvalue weighted by molar-refractivity contribution is 0.300. The second-order valence-electron chi connectivity index (χ2n) is 3.47. The van der Waals surface area contributed by atoms with Crippen molar-refractivity contribution in [1.29, 1.82) is 0 Å². The van der Waals surface area contributed by atoms with Crippen molar-refractivity contribution in [2.75, 3.05) is 0 Å². The number of hydrogen-bond donors (Lipinski definition) is 1. The van der Waals surface area contributed by atoms with Crippen molar-refractivity contribution < 1.29 is 9.05 Å². The van der Waals surface area contributed by atoms with Crippen LogP contribution in [0.15, 0.2) is 15.2 Å². The molecule has 0 aliphatic rings. The summed E-state index contributed by atoms with van der Waals surface area (Å²) in [6, 6.07) is 0. The maximum atomic E-state index is 5.45. The van der Waals surface area contributed by atoms with Crippen molar-refractivity contribution >= 4 is 0 Å². The van der Waals surface area contributed by atoms with Crippen LogP contribution in [-0.4, -0.2) is 15.3 Å². The predicted octanol–water partition coefficient (Wildman–Crippen LogP) is 1.22. The lowest BCUT2D eigenvalue weighted by Crippen LogP contribution is -2.13. The molecular weight excluding hydrogens is 208 g/mol. The first-order valence-electron chi connectivity index (χ1n) is 5.22. The number of rotatable bonds is 5. The number of aryl methyl sites for hydroxylation is 2. The molecule has 0 saturated heterocycles. The maximum absolute atomic E-state index is 5.45. The Morgan fingerprint density at radius 2 is 2.19 bits per heavy atom. The second kappa shape index (κ2) is 4.89. The molecule has 6 nitrogen and oxygen atoms in total. The minimum Gasteiger partial charge on any atom is -0.444 e. The fourth-order valence-corrected chi connectivity index (χ4v) is 1.29. The maximum Gasteiger partial charge on any atom is 0.208 e. The Bertz CT molecular complexity index is 449. The highest BCUT2D eigenvalue weighted by Crippen LogP contribution is 2.04. The van der Waals surface area contributed by atoms with Gasteiger partial charge in [0, 0.05) is 13.0 Å². The van der Waals surface area contributed by atoms with E-state index in [1.54, 1.807) is 6.20 Å². The zero-order valence-corrected chi connectivity index (χ0v) is 9.36. The molecule has 2 rings (SSSR count). The van der Waals surface area contributed by atoms with Gasteiger partial charge in [-0.2, -0.15) is 0 Å². The molecule has 0 unspecified atom stereocenters. The zero-order chi connectivity index (χ0) is 11.4. The van der Waals surface area contributed by atoms with Crippen LogP contribution >= 0.6 is 0 Å². The molecule has 0 amide bonds. The summed E-state index contributed by atoms with van der Waals surface area (Å²) in [5.74, 6) is 1.59. The average molecular weight is 222 g/mol. The minimum absolute atomic E-state index is 0.576. The summed E-state index contributed by atoms with van der Waals surface area (Å²) in [6.45, 7) is 5.06. The van der Waals surface area contributed by atoms with E-state index >= 15 is 0 Å². The van der Waals surface area contributed by atoms with E-state index < -0.39 is 0 Å². The molecule has 0 bridgehead atoms. The van der Waals surface area contributed by atoms with E-state index in [9.17, 15) is 0 Å². The first-order valence-corrected chi connectivity index (χ1v) is 5.22. The molecule has 0 aliphatic heterocycles. The van der Waals surface area contributed by atoms with Crippen LogP contribution in [0, 0.1) is 6.92 Å². The van der Waals surface area contributed by atoms with E-state index in [0.29, 0.717) is 19.0 Å². The quantitative estimate of drug-likeness (QED) is 0.819. The van der Waals surface area contributed by atoms with E-state index in [4.69, 9.17) is 4.42 Å². The number of nitrogens with zero attached hydrogens (tertiary/aromatic N) is 3. The molecule has 0 aliphatic carbocycles. The Labute approximate surface area is 93.0 Å². The zero-order valence-electron chi connectivity index (χ0n) is 9.36. The van der Waals surface area contributed by atoms with Crippen molar-refractivity contribution in [1.82, 2.24) is 20.6 Å². The number of aromatic nitrogens is 3. The van der Waals surface area contributed by atoms with Crippen molar-refractivity contribution in [2.45, 2.75) is 33.4 Å². The number of hydrogen-bond acceptors (Lipinski definition) is 6. The topological polar surface area (TPSA) is 77.0 Å². The molecule has 16 heavy (non-hydrogen) atoms. The summed E-state index contributed by atoms with van der Waals surface area (Å²) in [4.78, 5) is 4.14. The smallest absolute Gasteiger partial charge is 0.208 e. The van der Waals surface area contributed by atoms with Gasteiger partial charge in [0.1, 0.15) is 17.1 Å². The van der Waals surface area contributed by atoms with E-state index in [0.717, 1.165) is 23.6 Å². The Morgan fingerprint density at radius 3 is 2.81 bits per heavy atom. The van der Waals surface area contributed by atoms with Crippen LogP contribution in [0.2, 0.25) is 0 Å². The lowest BCUT2D eigenvalue weighted by atomic mass is 10.3. The van der Waals surface area contributed by atoms with Gasteiger partial charge in [-0.3, -0.25) is 0 Å². The van der Waals surface area contributed by atoms with Crippen LogP contribution in [0.5, 0.6) is 0 Å². The molecule has 2 heterocycles. The van der Waals surface area contributed by atoms with Gasteiger partial charge in [-0.25, -0.2) is 9.61 Å². The predicted molar refractivity (Wildman–Crippen MR) is 55.5 cm³/mol. The third-order valence-corrected chi connectivity index (χ3v) is 2.26. The molecular formula is C10H14N4O2. The molecule has 2 aromatic heterocycles. The molecule has 86 valence electrons. The van der Waals surface area contributed by atoms with Gasteiger partial charge >= 0.3 is 0 Å². The number of oxazole rings is 1. The molecule has 0 saturated carbocycles. The Balaban J connectivity index is 1.82.